The minimum absolute atomic E-state index is 0.00242. The number of methoxy groups -OCH3 is 1. The fraction of sp³-hybridized carbons (Fsp3) is 0.375. The first-order valence-electron chi connectivity index (χ1n) is 10.9. The molecule has 6 atom stereocenters. The highest BCUT2D eigenvalue weighted by molar-refractivity contribution is 5.69. The third kappa shape index (κ3) is 4.97. The molecule has 12 heteroatoms. The summed E-state index contributed by atoms with van der Waals surface area (Å²) in [5, 5.41) is 61.4. The Bertz CT molecular complexity index is 1150. The smallest absolute Gasteiger partial charge is 0.305 e. The van der Waals surface area contributed by atoms with Crippen LogP contribution in [0, 0.1) is 0 Å². The Morgan fingerprint density at radius 1 is 1.08 bits per heavy atom. The van der Waals surface area contributed by atoms with Gasteiger partial charge in [0.2, 0.25) is 18.2 Å². The molecule has 0 amide bonds. The van der Waals surface area contributed by atoms with Gasteiger partial charge in [0.25, 0.3) is 0 Å². The number of aliphatic hydroxyl groups excluding tert-OH is 5. The highest BCUT2D eigenvalue weighted by Gasteiger charge is 2.47. The van der Waals surface area contributed by atoms with Crippen molar-refractivity contribution < 1.29 is 59.1 Å². The van der Waals surface area contributed by atoms with Crippen LogP contribution in [0.25, 0.3) is 5.76 Å². The lowest BCUT2D eigenvalue weighted by Gasteiger charge is -2.40. The van der Waals surface area contributed by atoms with E-state index < -0.39 is 49.4 Å². The minimum atomic E-state index is -1.70. The average Bonchev–Trinajstić information content (AvgIpc) is 2.83. The molecule has 2 aliphatic heterocycles. The van der Waals surface area contributed by atoms with E-state index in [4.69, 9.17) is 18.9 Å². The number of carbonyl (C=O) groups is 1. The normalized spacial score (nSPS) is 29.8. The Morgan fingerprint density at radius 3 is 2.53 bits per heavy atom. The number of allylic oxidation sites excluding steroid dienone is 2. The highest BCUT2D eigenvalue weighted by Crippen LogP contribution is 2.38. The molecule has 1 fully saturated rings. The number of esters is 1. The van der Waals surface area contributed by atoms with Crippen LogP contribution in [0.3, 0.4) is 0 Å². The zero-order valence-electron chi connectivity index (χ0n) is 19.3. The third-order valence-electron chi connectivity index (χ3n) is 5.83. The number of hydrogen-bond donors (Lipinski definition) is 6. The summed E-state index contributed by atoms with van der Waals surface area (Å²) in [6.45, 7) is 0.766. The summed E-state index contributed by atoms with van der Waals surface area (Å²) in [4.78, 5) is 11.2. The number of ether oxygens (including phenoxy) is 5. The van der Waals surface area contributed by atoms with E-state index in [1.54, 1.807) is 0 Å². The second kappa shape index (κ2) is 10.1. The van der Waals surface area contributed by atoms with Crippen molar-refractivity contribution in [1.82, 2.24) is 0 Å². The highest BCUT2D eigenvalue weighted by atomic mass is 16.7. The molecule has 0 spiro atoms. The van der Waals surface area contributed by atoms with Crippen LogP contribution in [0.15, 0.2) is 59.3 Å². The number of phenols is 1. The van der Waals surface area contributed by atoms with E-state index in [9.17, 15) is 35.4 Å². The summed E-state index contributed by atoms with van der Waals surface area (Å²) < 4.78 is 26.1. The van der Waals surface area contributed by atoms with E-state index in [0.29, 0.717) is 5.56 Å². The number of fused-ring (bicyclic) bond motifs is 1. The third-order valence-corrected chi connectivity index (χ3v) is 5.83. The van der Waals surface area contributed by atoms with Crippen molar-refractivity contribution in [1.29, 1.82) is 0 Å². The van der Waals surface area contributed by atoms with Gasteiger partial charge in [-0.2, -0.15) is 0 Å². The Morgan fingerprint density at radius 2 is 1.83 bits per heavy atom. The molecule has 0 radical (unpaired) electrons. The zero-order valence-corrected chi connectivity index (χ0v) is 19.3. The van der Waals surface area contributed by atoms with Crippen LogP contribution in [-0.4, -0.2) is 91.9 Å². The number of phenolic OH excluding ortho intramolecular Hbond substituents is 1. The lowest BCUT2D eigenvalue weighted by Crippen LogP contribution is -2.59. The molecule has 36 heavy (non-hydrogen) atoms. The van der Waals surface area contributed by atoms with Gasteiger partial charge in [0.15, 0.2) is 11.5 Å². The van der Waals surface area contributed by atoms with Gasteiger partial charge in [0, 0.05) is 25.1 Å². The van der Waals surface area contributed by atoms with Crippen molar-refractivity contribution in [3.8, 4) is 11.5 Å². The van der Waals surface area contributed by atoms with Crippen molar-refractivity contribution in [2.24, 2.45) is 0 Å². The molecule has 4 rings (SSSR count). The SMILES string of the molecule is COc1cc(C2=C(OC3OC(COC(C)=O)C(O)C(O)C3O)C=C3C(O)=CC(O)=CC3[OH+]2)ccc1O. The number of benzene rings is 1. The molecule has 0 saturated carbocycles. The molecule has 0 bridgehead atoms. The standard InChI is InChI=1S/C24H26O12/c1-10(25)33-9-19-20(29)21(30)22(31)24(36-19)35-18-8-13-15(28)6-12(26)7-16(13)34-23(18)11-3-4-14(27)17(5-11)32-2/h3-8,16,19-22,24,26-31H,9H2,1-2H3/p+1. The van der Waals surface area contributed by atoms with Crippen LogP contribution in [0.2, 0.25) is 0 Å². The van der Waals surface area contributed by atoms with Gasteiger partial charge >= 0.3 is 11.7 Å². The van der Waals surface area contributed by atoms with Crippen molar-refractivity contribution in [3.63, 3.8) is 0 Å². The monoisotopic (exact) mass is 507 g/mol. The van der Waals surface area contributed by atoms with Crippen molar-refractivity contribution >= 4 is 11.7 Å². The first-order valence-corrected chi connectivity index (χ1v) is 10.9. The van der Waals surface area contributed by atoms with Gasteiger partial charge in [-0.05, 0) is 12.1 Å². The molecular weight excluding hydrogens is 480 g/mol. The molecule has 1 saturated heterocycles. The molecule has 6 unspecified atom stereocenters. The largest absolute Gasteiger partial charge is 0.571 e. The molecule has 194 valence electrons. The fourth-order valence-corrected chi connectivity index (χ4v) is 3.96. The number of hydrogen-bond acceptors (Lipinski definition) is 11. The van der Waals surface area contributed by atoms with Crippen molar-refractivity contribution in [2.45, 2.75) is 43.7 Å². The van der Waals surface area contributed by atoms with Crippen LogP contribution < -0.4 is 4.74 Å². The summed E-state index contributed by atoms with van der Waals surface area (Å²) in [5.41, 5.74) is 0.693. The fourth-order valence-electron chi connectivity index (χ4n) is 3.96. The maximum absolute atomic E-state index is 11.2. The van der Waals surface area contributed by atoms with Crippen LogP contribution in [0.1, 0.15) is 12.5 Å². The van der Waals surface area contributed by atoms with Gasteiger partial charge in [-0.15, -0.1) is 0 Å². The quantitative estimate of drug-likeness (QED) is 0.228. The van der Waals surface area contributed by atoms with E-state index in [0.717, 1.165) is 6.08 Å². The summed E-state index contributed by atoms with van der Waals surface area (Å²) in [5.74, 6) is -0.877. The molecule has 0 aromatic heterocycles. The second-order valence-electron chi connectivity index (χ2n) is 8.33. The Labute approximate surface area is 205 Å². The summed E-state index contributed by atoms with van der Waals surface area (Å²) in [7, 11) is 1.37. The first-order chi connectivity index (χ1) is 17.1. The lowest BCUT2D eigenvalue weighted by molar-refractivity contribution is -0.291. The van der Waals surface area contributed by atoms with Gasteiger partial charge in [-0.3, -0.25) is 4.79 Å². The number of carbonyl (C=O) groups excluding carboxylic acids is 1. The maximum atomic E-state index is 11.2. The summed E-state index contributed by atoms with van der Waals surface area (Å²) >= 11 is 0. The van der Waals surface area contributed by atoms with Gasteiger partial charge in [-0.1, -0.05) is 0 Å². The van der Waals surface area contributed by atoms with Gasteiger partial charge in [-0.25, -0.2) is 0 Å². The first kappa shape index (κ1) is 25.4. The van der Waals surface area contributed by atoms with Gasteiger partial charge < -0.3 is 54.3 Å². The molecule has 1 aliphatic carbocycles. The predicted molar refractivity (Wildman–Crippen MR) is 121 cm³/mol. The van der Waals surface area contributed by atoms with Crippen LogP contribution in [-0.2, 0) is 19.0 Å². The molecule has 2 heterocycles. The predicted octanol–water partition coefficient (Wildman–Crippen LogP) is 0.191. The van der Waals surface area contributed by atoms with E-state index in [-0.39, 0.29) is 40.1 Å². The number of aromatic hydroxyl groups is 1. The van der Waals surface area contributed by atoms with E-state index in [1.165, 1.54) is 44.4 Å². The van der Waals surface area contributed by atoms with E-state index in [1.807, 2.05) is 0 Å². The molecular formula is C24H27O12+. The van der Waals surface area contributed by atoms with Crippen molar-refractivity contribution in [3.05, 3.63) is 64.8 Å². The molecule has 3 aliphatic rings. The Kier molecular flexibility index (Phi) is 7.13. The molecule has 12 nitrogen and oxygen atoms in total. The van der Waals surface area contributed by atoms with Crippen LogP contribution in [0.4, 0.5) is 0 Å². The van der Waals surface area contributed by atoms with E-state index >= 15 is 0 Å². The summed E-state index contributed by atoms with van der Waals surface area (Å²) in [6, 6.07) is 4.39. The molecule has 1 aromatic rings. The topological polar surface area (TPSA) is 188 Å². The number of rotatable bonds is 6. The molecule has 7 N–H and O–H groups in total. The second-order valence-corrected chi connectivity index (χ2v) is 8.33. The van der Waals surface area contributed by atoms with Gasteiger partial charge in [0.05, 0.1) is 24.3 Å². The Hall–Kier alpha value is -3.71. The Balaban J connectivity index is 1.72. The van der Waals surface area contributed by atoms with Gasteiger partial charge in [0.1, 0.15) is 42.5 Å². The van der Waals surface area contributed by atoms with Crippen molar-refractivity contribution in [2.75, 3.05) is 13.7 Å². The maximum Gasteiger partial charge on any atom is 0.305 e. The summed E-state index contributed by atoms with van der Waals surface area (Å²) in [6.07, 6.45) is -4.51. The lowest BCUT2D eigenvalue weighted by atomic mass is 9.96. The molecule has 1 aromatic carbocycles. The van der Waals surface area contributed by atoms with E-state index in [2.05, 4.69) is 4.74 Å². The average molecular weight is 507 g/mol. The van der Waals surface area contributed by atoms with Crippen LogP contribution >= 0.6 is 0 Å². The number of aliphatic hydroxyl groups is 7. The minimum Gasteiger partial charge on any atom is -0.571 e. The van der Waals surface area contributed by atoms with Crippen LogP contribution in [0.5, 0.6) is 11.5 Å². The zero-order chi connectivity index (χ0) is 26.1.